The zero-order chi connectivity index (χ0) is 9.26. The molecule has 0 saturated heterocycles. The van der Waals surface area contributed by atoms with E-state index in [2.05, 4.69) is 18.0 Å². The molecular formula is C11H12ClN. The summed E-state index contributed by atoms with van der Waals surface area (Å²) < 4.78 is 0. The number of benzene rings is 1. The van der Waals surface area contributed by atoms with Crippen LogP contribution in [0.3, 0.4) is 0 Å². The fraction of sp³-hybridized carbons (Fsp3) is 0.273. The summed E-state index contributed by atoms with van der Waals surface area (Å²) in [5.41, 5.74) is 2.54. The number of rotatable bonds is 2. The summed E-state index contributed by atoms with van der Waals surface area (Å²) in [5.74, 6) is 0. The van der Waals surface area contributed by atoms with Gasteiger partial charge >= 0.3 is 0 Å². The fourth-order valence-corrected chi connectivity index (χ4v) is 1.88. The topological polar surface area (TPSA) is 15.8 Å². The average molecular weight is 194 g/mol. The number of aromatic amines is 1. The first-order valence-corrected chi connectivity index (χ1v) is 4.95. The molecule has 68 valence electrons. The van der Waals surface area contributed by atoms with E-state index in [-0.39, 0.29) is 0 Å². The van der Waals surface area contributed by atoms with Crippen molar-refractivity contribution >= 4 is 22.5 Å². The van der Waals surface area contributed by atoms with Crippen molar-refractivity contribution in [2.75, 3.05) is 0 Å². The summed E-state index contributed by atoms with van der Waals surface area (Å²) in [5, 5.41) is 1.96. The van der Waals surface area contributed by atoms with Crippen LogP contribution in [0.25, 0.3) is 10.9 Å². The molecule has 1 heterocycles. The highest BCUT2D eigenvalue weighted by atomic mass is 35.5. The molecule has 0 amide bonds. The zero-order valence-corrected chi connectivity index (χ0v) is 8.36. The molecule has 0 atom stereocenters. The van der Waals surface area contributed by atoms with Gasteiger partial charge in [0.1, 0.15) is 0 Å². The van der Waals surface area contributed by atoms with Crippen LogP contribution in [0, 0.1) is 0 Å². The Morgan fingerprint density at radius 2 is 2.15 bits per heavy atom. The Bertz CT molecular complexity index is 417. The third-order valence-electron chi connectivity index (χ3n) is 2.28. The molecule has 1 N–H and O–H groups in total. The Hall–Kier alpha value is -0.950. The van der Waals surface area contributed by atoms with Crippen molar-refractivity contribution in [1.29, 1.82) is 0 Å². The molecule has 1 aromatic heterocycles. The molecule has 2 heteroatoms. The van der Waals surface area contributed by atoms with Gasteiger partial charge in [0, 0.05) is 16.6 Å². The van der Waals surface area contributed by atoms with Gasteiger partial charge in [-0.15, -0.1) is 0 Å². The lowest BCUT2D eigenvalue weighted by atomic mass is 10.1. The van der Waals surface area contributed by atoms with Crippen molar-refractivity contribution in [2.45, 2.75) is 19.8 Å². The van der Waals surface area contributed by atoms with Crippen LogP contribution >= 0.6 is 11.6 Å². The predicted molar refractivity (Wildman–Crippen MR) is 57.3 cm³/mol. The van der Waals surface area contributed by atoms with Crippen LogP contribution in [-0.4, -0.2) is 4.98 Å². The van der Waals surface area contributed by atoms with Gasteiger partial charge in [0.25, 0.3) is 0 Å². The molecule has 0 unspecified atom stereocenters. The molecule has 1 nitrogen and oxygen atoms in total. The molecule has 0 radical (unpaired) electrons. The van der Waals surface area contributed by atoms with E-state index in [1.165, 1.54) is 11.1 Å². The van der Waals surface area contributed by atoms with Gasteiger partial charge in [-0.3, -0.25) is 0 Å². The Morgan fingerprint density at radius 1 is 1.31 bits per heavy atom. The van der Waals surface area contributed by atoms with E-state index in [0.29, 0.717) is 0 Å². The molecule has 0 fully saturated rings. The number of hydrogen-bond donors (Lipinski definition) is 1. The maximum absolute atomic E-state index is 6.05. The van der Waals surface area contributed by atoms with Crippen molar-refractivity contribution in [1.82, 2.24) is 4.98 Å². The molecule has 0 aliphatic carbocycles. The first kappa shape index (κ1) is 8.64. The molecular weight excluding hydrogens is 182 g/mol. The van der Waals surface area contributed by atoms with Gasteiger partial charge < -0.3 is 4.98 Å². The summed E-state index contributed by atoms with van der Waals surface area (Å²) >= 11 is 6.05. The Morgan fingerprint density at radius 3 is 2.92 bits per heavy atom. The van der Waals surface area contributed by atoms with Crippen molar-refractivity contribution < 1.29 is 0 Å². The maximum atomic E-state index is 6.05. The Kier molecular flexibility index (Phi) is 2.28. The largest absolute Gasteiger partial charge is 0.361 e. The highest BCUT2D eigenvalue weighted by Gasteiger charge is 2.03. The van der Waals surface area contributed by atoms with Crippen molar-refractivity contribution in [3.05, 3.63) is 35.0 Å². The van der Waals surface area contributed by atoms with Gasteiger partial charge in [0.2, 0.25) is 0 Å². The third kappa shape index (κ3) is 1.44. The van der Waals surface area contributed by atoms with Crippen molar-refractivity contribution in [2.24, 2.45) is 0 Å². The second-order valence-electron chi connectivity index (χ2n) is 3.22. The van der Waals surface area contributed by atoms with Gasteiger partial charge in [-0.2, -0.15) is 0 Å². The van der Waals surface area contributed by atoms with E-state index in [9.17, 15) is 0 Å². The average Bonchev–Trinajstić information content (AvgIpc) is 2.59. The number of fused-ring (bicyclic) bond motifs is 1. The first-order valence-electron chi connectivity index (χ1n) is 4.57. The summed E-state index contributed by atoms with van der Waals surface area (Å²) in [6.45, 7) is 2.18. The minimum atomic E-state index is 0.830. The molecule has 2 rings (SSSR count). The summed E-state index contributed by atoms with van der Waals surface area (Å²) in [7, 11) is 0. The third-order valence-corrected chi connectivity index (χ3v) is 2.61. The Labute approximate surface area is 82.7 Å². The van der Waals surface area contributed by atoms with Crippen LogP contribution < -0.4 is 0 Å². The van der Waals surface area contributed by atoms with Gasteiger partial charge in [-0.1, -0.05) is 31.0 Å². The molecule has 0 aliphatic heterocycles. The number of halogens is 1. The summed E-state index contributed by atoms with van der Waals surface area (Å²) in [6.07, 6.45) is 4.21. The van der Waals surface area contributed by atoms with E-state index in [4.69, 9.17) is 11.6 Å². The highest BCUT2D eigenvalue weighted by Crippen LogP contribution is 2.26. The molecule has 13 heavy (non-hydrogen) atoms. The van der Waals surface area contributed by atoms with Gasteiger partial charge in [0.15, 0.2) is 0 Å². The molecule has 0 spiro atoms. The minimum absolute atomic E-state index is 0.830. The van der Waals surface area contributed by atoms with Crippen molar-refractivity contribution in [3.8, 4) is 0 Å². The second kappa shape index (κ2) is 3.43. The van der Waals surface area contributed by atoms with Crippen molar-refractivity contribution in [3.63, 3.8) is 0 Å². The van der Waals surface area contributed by atoms with Gasteiger partial charge in [0.05, 0.1) is 5.52 Å². The van der Waals surface area contributed by atoms with Crippen LogP contribution in [0.1, 0.15) is 18.9 Å². The van der Waals surface area contributed by atoms with Crippen LogP contribution in [0.5, 0.6) is 0 Å². The van der Waals surface area contributed by atoms with Crippen LogP contribution in [-0.2, 0) is 6.42 Å². The second-order valence-corrected chi connectivity index (χ2v) is 3.63. The van der Waals surface area contributed by atoms with E-state index >= 15 is 0 Å². The summed E-state index contributed by atoms with van der Waals surface area (Å²) in [6, 6.07) is 6.10. The van der Waals surface area contributed by atoms with Crippen LogP contribution in [0.15, 0.2) is 24.4 Å². The lowest BCUT2D eigenvalue weighted by Gasteiger charge is -2.02. The molecule has 2 aromatic rings. The molecule has 0 bridgehead atoms. The summed E-state index contributed by atoms with van der Waals surface area (Å²) in [4.78, 5) is 3.23. The minimum Gasteiger partial charge on any atom is -0.361 e. The molecule has 0 aliphatic rings. The normalized spacial score (nSPS) is 10.9. The van der Waals surface area contributed by atoms with Gasteiger partial charge in [-0.05, 0) is 24.1 Å². The fourth-order valence-electron chi connectivity index (χ4n) is 1.66. The smallest absolute Gasteiger partial charge is 0.0501 e. The monoisotopic (exact) mass is 193 g/mol. The SMILES string of the molecule is CCCc1ccc(Cl)c2cc[nH]c12. The lowest BCUT2D eigenvalue weighted by molar-refractivity contribution is 0.927. The highest BCUT2D eigenvalue weighted by molar-refractivity contribution is 6.35. The quantitative estimate of drug-likeness (QED) is 0.748. The Balaban J connectivity index is 2.64. The van der Waals surface area contributed by atoms with Crippen LogP contribution in [0.2, 0.25) is 5.02 Å². The predicted octanol–water partition coefficient (Wildman–Crippen LogP) is 3.77. The number of aromatic nitrogens is 1. The standard InChI is InChI=1S/C11H12ClN/c1-2-3-8-4-5-10(12)9-6-7-13-11(8)9/h4-7,13H,2-3H2,1H3. The number of aryl methyl sites for hydroxylation is 1. The van der Waals surface area contributed by atoms with E-state index in [1.54, 1.807) is 0 Å². The molecule has 0 saturated carbocycles. The number of hydrogen-bond acceptors (Lipinski definition) is 0. The number of H-pyrrole nitrogens is 1. The maximum Gasteiger partial charge on any atom is 0.0501 e. The van der Waals surface area contributed by atoms with E-state index in [0.717, 1.165) is 23.3 Å². The van der Waals surface area contributed by atoms with E-state index < -0.39 is 0 Å². The molecule has 1 aromatic carbocycles. The van der Waals surface area contributed by atoms with Gasteiger partial charge in [-0.25, -0.2) is 0 Å². The first-order chi connectivity index (χ1) is 6.33. The van der Waals surface area contributed by atoms with Crippen LogP contribution in [0.4, 0.5) is 0 Å². The zero-order valence-electron chi connectivity index (χ0n) is 7.60. The van der Waals surface area contributed by atoms with E-state index in [1.807, 2.05) is 18.3 Å². The number of nitrogens with one attached hydrogen (secondary N) is 1. The lowest BCUT2D eigenvalue weighted by Crippen LogP contribution is -1.85.